The molecule has 1 aliphatic heterocycles. The Bertz CT molecular complexity index is 1200. The molecular formula is C21H20ClN7. The van der Waals surface area contributed by atoms with Crippen LogP contribution in [0.4, 0.5) is 23.1 Å². The van der Waals surface area contributed by atoms with Gasteiger partial charge in [-0.15, -0.1) is 0 Å². The van der Waals surface area contributed by atoms with E-state index in [4.69, 9.17) is 11.6 Å². The number of aryl methyl sites for hydroxylation is 1. The fourth-order valence-electron chi connectivity index (χ4n) is 3.56. The number of benzene rings is 2. The Labute approximate surface area is 173 Å². The third-order valence-electron chi connectivity index (χ3n) is 5.10. The number of hydrogen-bond donors (Lipinski definition) is 3. The van der Waals surface area contributed by atoms with E-state index in [1.54, 1.807) is 6.20 Å². The molecule has 5 rings (SSSR count). The van der Waals surface area contributed by atoms with Crippen molar-refractivity contribution in [3.05, 3.63) is 64.9 Å². The zero-order chi connectivity index (χ0) is 19.8. The molecular weight excluding hydrogens is 386 g/mol. The summed E-state index contributed by atoms with van der Waals surface area (Å²) < 4.78 is 1.83. The van der Waals surface area contributed by atoms with Crippen LogP contribution in [-0.4, -0.2) is 26.3 Å². The van der Waals surface area contributed by atoms with Gasteiger partial charge < -0.3 is 16.0 Å². The van der Waals surface area contributed by atoms with Crippen LogP contribution in [-0.2, 0) is 20.0 Å². The number of nitrogens with one attached hydrogen (secondary N) is 3. The van der Waals surface area contributed by atoms with Crippen LogP contribution in [0.2, 0.25) is 5.02 Å². The molecule has 0 aliphatic carbocycles. The summed E-state index contributed by atoms with van der Waals surface area (Å²) in [5.74, 6) is 1.04. The van der Waals surface area contributed by atoms with Gasteiger partial charge in [0.25, 0.3) is 0 Å². The van der Waals surface area contributed by atoms with Crippen LogP contribution in [0.25, 0.3) is 10.9 Å². The van der Waals surface area contributed by atoms with Crippen LogP contribution in [0.1, 0.15) is 11.1 Å². The van der Waals surface area contributed by atoms with Crippen LogP contribution < -0.4 is 16.0 Å². The molecule has 1 aliphatic rings. The maximum Gasteiger partial charge on any atom is 0.229 e. The second-order valence-corrected chi connectivity index (χ2v) is 7.50. The van der Waals surface area contributed by atoms with E-state index in [9.17, 15) is 0 Å². The van der Waals surface area contributed by atoms with Crippen molar-refractivity contribution in [2.24, 2.45) is 7.05 Å². The number of halogens is 1. The normalized spacial score (nSPS) is 13.3. The first kappa shape index (κ1) is 17.9. The van der Waals surface area contributed by atoms with Crippen molar-refractivity contribution in [1.82, 2.24) is 25.1 Å². The molecule has 3 N–H and O–H groups in total. The van der Waals surface area contributed by atoms with Gasteiger partial charge in [-0.25, -0.2) is 4.98 Å². The van der Waals surface area contributed by atoms with Crippen molar-refractivity contribution in [2.45, 2.75) is 13.0 Å². The van der Waals surface area contributed by atoms with Gasteiger partial charge in [0.05, 0.1) is 17.9 Å². The van der Waals surface area contributed by atoms with Gasteiger partial charge in [-0.2, -0.15) is 10.1 Å². The van der Waals surface area contributed by atoms with Gasteiger partial charge in [-0.1, -0.05) is 17.7 Å². The molecule has 4 aromatic rings. The third kappa shape index (κ3) is 3.62. The monoisotopic (exact) mass is 405 g/mol. The molecule has 0 saturated carbocycles. The number of rotatable bonds is 4. The minimum atomic E-state index is 0.456. The SMILES string of the molecule is Cn1ncc2ccc(Nc3nc(Nc4ccc5c(c4)CCNC5)ncc3Cl)cc21. The highest BCUT2D eigenvalue weighted by molar-refractivity contribution is 6.32. The van der Waals surface area contributed by atoms with Crippen molar-refractivity contribution in [3.8, 4) is 0 Å². The first-order valence-corrected chi connectivity index (χ1v) is 9.84. The Hall–Kier alpha value is -3.16. The molecule has 0 atom stereocenters. The zero-order valence-electron chi connectivity index (χ0n) is 15.9. The average Bonchev–Trinajstić information content (AvgIpc) is 3.11. The molecule has 3 heterocycles. The van der Waals surface area contributed by atoms with Gasteiger partial charge >= 0.3 is 0 Å². The largest absolute Gasteiger partial charge is 0.339 e. The second-order valence-electron chi connectivity index (χ2n) is 7.09. The molecule has 0 fully saturated rings. The molecule has 8 heteroatoms. The predicted molar refractivity (Wildman–Crippen MR) is 116 cm³/mol. The zero-order valence-corrected chi connectivity index (χ0v) is 16.7. The quantitative estimate of drug-likeness (QED) is 0.473. The van der Waals surface area contributed by atoms with Gasteiger partial charge in [0, 0.05) is 30.4 Å². The van der Waals surface area contributed by atoms with E-state index in [2.05, 4.69) is 43.1 Å². The van der Waals surface area contributed by atoms with Crippen molar-refractivity contribution in [1.29, 1.82) is 0 Å². The summed E-state index contributed by atoms with van der Waals surface area (Å²) in [4.78, 5) is 8.89. The van der Waals surface area contributed by atoms with Gasteiger partial charge in [0.1, 0.15) is 5.02 Å². The lowest BCUT2D eigenvalue weighted by atomic mass is 10.0. The fourth-order valence-corrected chi connectivity index (χ4v) is 3.70. The summed E-state index contributed by atoms with van der Waals surface area (Å²) >= 11 is 6.33. The summed E-state index contributed by atoms with van der Waals surface area (Å²) in [7, 11) is 1.92. The molecule has 2 aromatic heterocycles. The molecule has 0 bridgehead atoms. The first-order chi connectivity index (χ1) is 14.2. The molecule has 0 saturated heterocycles. The van der Waals surface area contributed by atoms with Crippen molar-refractivity contribution < 1.29 is 0 Å². The van der Waals surface area contributed by atoms with Crippen LogP contribution in [0.3, 0.4) is 0 Å². The van der Waals surface area contributed by atoms with Gasteiger partial charge in [-0.3, -0.25) is 4.68 Å². The highest BCUT2D eigenvalue weighted by Gasteiger charge is 2.11. The van der Waals surface area contributed by atoms with E-state index in [0.29, 0.717) is 16.8 Å². The molecule has 146 valence electrons. The Morgan fingerprint density at radius 2 is 1.90 bits per heavy atom. The van der Waals surface area contributed by atoms with E-state index < -0.39 is 0 Å². The second kappa shape index (κ2) is 7.35. The number of fused-ring (bicyclic) bond motifs is 2. The maximum absolute atomic E-state index is 6.33. The van der Waals surface area contributed by atoms with Crippen LogP contribution in [0.15, 0.2) is 48.8 Å². The topological polar surface area (TPSA) is 79.7 Å². The minimum absolute atomic E-state index is 0.456. The lowest BCUT2D eigenvalue weighted by molar-refractivity contribution is 0.644. The number of anilines is 4. The Morgan fingerprint density at radius 3 is 2.83 bits per heavy atom. The molecule has 29 heavy (non-hydrogen) atoms. The summed E-state index contributed by atoms with van der Waals surface area (Å²) in [6.07, 6.45) is 4.47. The van der Waals surface area contributed by atoms with Crippen molar-refractivity contribution in [2.75, 3.05) is 17.2 Å². The number of hydrogen-bond acceptors (Lipinski definition) is 6. The van der Waals surface area contributed by atoms with E-state index in [-0.39, 0.29) is 0 Å². The lowest BCUT2D eigenvalue weighted by Crippen LogP contribution is -2.23. The van der Waals surface area contributed by atoms with Crippen LogP contribution in [0.5, 0.6) is 0 Å². The Morgan fingerprint density at radius 1 is 1.03 bits per heavy atom. The molecule has 0 amide bonds. The van der Waals surface area contributed by atoms with Crippen molar-refractivity contribution in [3.63, 3.8) is 0 Å². The van der Waals surface area contributed by atoms with E-state index in [1.807, 2.05) is 42.2 Å². The molecule has 0 spiro atoms. The molecule has 0 unspecified atom stereocenters. The van der Waals surface area contributed by atoms with E-state index in [0.717, 1.165) is 41.8 Å². The van der Waals surface area contributed by atoms with Gasteiger partial charge in [0.15, 0.2) is 5.82 Å². The smallest absolute Gasteiger partial charge is 0.229 e. The number of nitrogens with zero attached hydrogens (tertiary/aromatic N) is 4. The molecule has 7 nitrogen and oxygen atoms in total. The predicted octanol–water partition coefficient (Wildman–Crippen LogP) is 4.15. The Kier molecular flexibility index (Phi) is 4.54. The summed E-state index contributed by atoms with van der Waals surface area (Å²) in [6, 6.07) is 12.4. The highest BCUT2D eigenvalue weighted by atomic mass is 35.5. The Balaban J connectivity index is 1.40. The molecule has 0 radical (unpaired) electrons. The minimum Gasteiger partial charge on any atom is -0.339 e. The van der Waals surface area contributed by atoms with Gasteiger partial charge in [0.2, 0.25) is 5.95 Å². The van der Waals surface area contributed by atoms with E-state index >= 15 is 0 Å². The standard InChI is InChI=1S/C21H20ClN7/c1-29-19-9-17(5-3-15(19)11-25-29)26-20-18(22)12-24-21(28-20)27-16-4-2-14-10-23-7-6-13(14)8-16/h2-5,8-9,11-12,23H,6-7,10H2,1H3,(H2,24,26,27,28). The molecule has 2 aromatic carbocycles. The highest BCUT2D eigenvalue weighted by Crippen LogP contribution is 2.27. The lowest BCUT2D eigenvalue weighted by Gasteiger charge is -2.18. The van der Waals surface area contributed by atoms with Crippen LogP contribution >= 0.6 is 11.6 Å². The third-order valence-corrected chi connectivity index (χ3v) is 5.38. The fraction of sp³-hybridized carbons (Fsp3) is 0.190. The first-order valence-electron chi connectivity index (χ1n) is 9.46. The van der Waals surface area contributed by atoms with Gasteiger partial charge in [-0.05, 0) is 54.4 Å². The summed E-state index contributed by atoms with van der Waals surface area (Å²) in [5.41, 5.74) is 5.57. The number of aromatic nitrogens is 4. The summed E-state index contributed by atoms with van der Waals surface area (Å²) in [6.45, 7) is 1.92. The van der Waals surface area contributed by atoms with Crippen LogP contribution in [0, 0.1) is 0 Å². The maximum atomic E-state index is 6.33. The summed E-state index contributed by atoms with van der Waals surface area (Å²) in [5, 5.41) is 15.8. The average molecular weight is 406 g/mol. The van der Waals surface area contributed by atoms with E-state index in [1.165, 1.54) is 11.1 Å². The van der Waals surface area contributed by atoms with Crippen molar-refractivity contribution >= 4 is 45.6 Å².